The Labute approximate surface area is 199 Å². The summed E-state index contributed by atoms with van der Waals surface area (Å²) in [5.74, 6) is 2.25. The second kappa shape index (κ2) is 8.20. The van der Waals surface area contributed by atoms with E-state index in [0.717, 1.165) is 66.2 Å². The molecular formula is C26H31N7O. The highest BCUT2D eigenvalue weighted by molar-refractivity contribution is 6.00. The molecule has 2 fully saturated rings. The van der Waals surface area contributed by atoms with E-state index in [1.807, 2.05) is 40.4 Å². The van der Waals surface area contributed by atoms with Crippen LogP contribution in [-0.2, 0) is 7.05 Å². The van der Waals surface area contributed by atoms with Crippen molar-refractivity contribution in [1.82, 2.24) is 29.5 Å². The molecule has 5 heterocycles. The average molecular weight is 458 g/mol. The van der Waals surface area contributed by atoms with E-state index in [-0.39, 0.29) is 17.7 Å². The summed E-state index contributed by atoms with van der Waals surface area (Å²) in [4.78, 5) is 25.7. The van der Waals surface area contributed by atoms with Crippen LogP contribution in [0.15, 0.2) is 36.5 Å². The molecule has 3 atom stereocenters. The molecule has 2 aliphatic rings. The molecule has 8 heteroatoms. The van der Waals surface area contributed by atoms with Crippen molar-refractivity contribution < 1.29 is 4.79 Å². The summed E-state index contributed by atoms with van der Waals surface area (Å²) in [6.07, 6.45) is 5.19. The number of carbonyl (C=O) groups is 1. The van der Waals surface area contributed by atoms with Crippen molar-refractivity contribution >= 4 is 28.3 Å². The molecule has 1 aromatic carbocycles. The van der Waals surface area contributed by atoms with Gasteiger partial charge < -0.3 is 14.8 Å². The van der Waals surface area contributed by atoms with E-state index in [1.165, 1.54) is 6.42 Å². The van der Waals surface area contributed by atoms with Gasteiger partial charge in [-0.3, -0.25) is 4.79 Å². The van der Waals surface area contributed by atoms with Crippen molar-refractivity contribution in [2.24, 2.45) is 13.0 Å². The predicted octanol–water partition coefficient (Wildman–Crippen LogP) is 3.49. The number of aryl methyl sites for hydroxylation is 2. The minimum absolute atomic E-state index is 0.0154. The fraction of sp³-hybridized carbons (Fsp3) is 0.462. The molecule has 0 bridgehead atoms. The van der Waals surface area contributed by atoms with E-state index in [0.29, 0.717) is 11.7 Å². The summed E-state index contributed by atoms with van der Waals surface area (Å²) in [5, 5.41) is 8.36. The smallest absolute Gasteiger partial charge is 0.215 e. The molecule has 3 aromatic heterocycles. The number of carbonyl (C=O) groups excluding carboxylic acids is 1. The minimum Gasteiger partial charge on any atom is -0.356 e. The highest BCUT2D eigenvalue weighted by atomic mass is 16.1. The van der Waals surface area contributed by atoms with Gasteiger partial charge in [0.15, 0.2) is 11.5 Å². The van der Waals surface area contributed by atoms with Gasteiger partial charge in [-0.2, -0.15) is 5.10 Å². The maximum Gasteiger partial charge on any atom is 0.215 e. The van der Waals surface area contributed by atoms with Gasteiger partial charge in [0.1, 0.15) is 5.82 Å². The number of anilines is 1. The number of Topliss-reactive ketones (excluding diaryl/α,β-unsaturated/α-hetero) is 1. The minimum atomic E-state index is -0.353. The second-order valence-electron chi connectivity index (χ2n) is 9.99. The van der Waals surface area contributed by atoms with Crippen LogP contribution in [0.5, 0.6) is 0 Å². The van der Waals surface area contributed by atoms with E-state index >= 15 is 0 Å². The molecule has 0 spiro atoms. The summed E-state index contributed by atoms with van der Waals surface area (Å²) >= 11 is 0. The number of hydrogen-bond acceptors (Lipinski definition) is 6. The Morgan fingerprint density at radius 1 is 1.18 bits per heavy atom. The van der Waals surface area contributed by atoms with Gasteiger partial charge in [-0.1, -0.05) is 19.1 Å². The number of piperidine rings is 1. The lowest BCUT2D eigenvalue weighted by Crippen LogP contribution is -2.46. The van der Waals surface area contributed by atoms with E-state index in [2.05, 4.69) is 41.3 Å². The molecule has 0 radical (unpaired) electrons. The van der Waals surface area contributed by atoms with Crippen LogP contribution in [0.4, 0.5) is 5.82 Å². The van der Waals surface area contributed by atoms with Gasteiger partial charge in [-0.25, -0.2) is 14.5 Å². The number of ketones is 1. The maximum absolute atomic E-state index is 13.7. The third-order valence-electron chi connectivity index (χ3n) is 7.48. The lowest BCUT2D eigenvalue weighted by molar-refractivity contribution is 0.0897. The SMILES string of the molecule is Cc1cn2nc([C@@H]3CCCNC3C(=O)c3nc4ccccc4n3C)cc2nc1N1CC[C@H](C)C1. The van der Waals surface area contributed by atoms with E-state index < -0.39 is 0 Å². The first-order valence-corrected chi connectivity index (χ1v) is 12.3. The molecule has 1 N–H and O–H groups in total. The number of nitrogens with zero attached hydrogens (tertiary/aromatic N) is 6. The molecule has 34 heavy (non-hydrogen) atoms. The van der Waals surface area contributed by atoms with E-state index in [4.69, 9.17) is 10.1 Å². The number of rotatable bonds is 4. The first-order valence-electron chi connectivity index (χ1n) is 12.3. The molecule has 6 rings (SSSR count). The first-order chi connectivity index (χ1) is 16.5. The highest BCUT2D eigenvalue weighted by Gasteiger charge is 2.36. The van der Waals surface area contributed by atoms with E-state index in [1.54, 1.807) is 0 Å². The standard InChI is InChI=1S/C26H31N7O/c1-16-10-12-32(14-16)25-17(2)15-33-22(29-25)13-20(30-33)18-7-6-11-27-23(18)24(34)26-28-19-8-4-5-9-21(19)31(26)3/h4-5,8-9,13,15-16,18,23,27H,6-7,10-12,14H2,1-3H3/t16-,18-,23?/m0/s1. The molecule has 4 aromatic rings. The van der Waals surface area contributed by atoms with Crippen molar-refractivity contribution in [3.63, 3.8) is 0 Å². The fourth-order valence-electron chi connectivity index (χ4n) is 5.64. The van der Waals surface area contributed by atoms with Crippen LogP contribution < -0.4 is 10.2 Å². The zero-order chi connectivity index (χ0) is 23.4. The quantitative estimate of drug-likeness (QED) is 0.473. The van der Waals surface area contributed by atoms with Crippen molar-refractivity contribution in [1.29, 1.82) is 0 Å². The number of hydrogen-bond donors (Lipinski definition) is 1. The third kappa shape index (κ3) is 3.48. The van der Waals surface area contributed by atoms with Crippen LogP contribution in [0.1, 0.15) is 54.0 Å². The number of imidazole rings is 1. The maximum atomic E-state index is 13.7. The Hall–Kier alpha value is -3.26. The zero-order valence-corrected chi connectivity index (χ0v) is 20.0. The Morgan fingerprint density at radius 2 is 2.03 bits per heavy atom. The van der Waals surface area contributed by atoms with Gasteiger partial charge in [0.25, 0.3) is 0 Å². The summed E-state index contributed by atoms with van der Waals surface area (Å²) in [5.41, 5.74) is 4.70. The second-order valence-corrected chi connectivity index (χ2v) is 9.99. The van der Waals surface area contributed by atoms with Gasteiger partial charge in [-0.05, 0) is 50.8 Å². The number of nitrogens with one attached hydrogen (secondary N) is 1. The summed E-state index contributed by atoms with van der Waals surface area (Å²) in [6.45, 7) is 7.31. The van der Waals surface area contributed by atoms with Gasteiger partial charge in [0.05, 0.1) is 22.8 Å². The lowest BCUT2D eigenvalue weighted by atomic mass is 9.85. The van der Waals surface area contributed by atoms with Gasteiger partial charge in [-0.15, -0.1) is 0 Å². The predicted molar refractivity (Wildman–Crippen MR) is 133 cm³/mol. The van der Waals surface area contributed by atoms with Crippen molar-refractivity contribution in [3.05, 3.63) is 53.6 Å². The topological polar surface area (TPSA) is 80.3 Å². The first kappa shape index (κ1) is 21.3. The third-order valence-corrected chi connectivity index (χ3v) is 7.48. The number of benzene rings is 1. The van der Waals surface area contributed by atoms with Gasteiger partial charge in [0.2, 0.25) is 5.78 Å². The van der Waals surface area contributed by atoms with Crippen molar-refractivity contribution in [3.8, 4) is 0 Å². The van der Waals surface area contributed by atoms with Crippen LogP contribution in [0.3, 0.4) is 0 Å². The molecular weight excluding hydrogens is 426 g/mol. The molecule has 1 unspecified atom stereocenters. The highest BCUT2D eigenvalue weighted by Crippen LogP contribution is 2.31. The Morgan fingerprint density at radius 3 is 2.82 bits per heavy atom. The molecule has 176 valence electrons. The molecule has 0 aliphatic carbocycles. The van der Waals surface area contributed by atoms with E-state index in [9.17, 15) is 4.79 Å². The molecule has 0 saturated carbocycles. The average Bonchev–Trinajstić information content (AvgIpc) is 3.55. The van der Waals surface area contributed by atoms with Crippen LogP contribution in [-0.4, -0.2) is 55.6 Å². The van der Waals surface area contributed by atoms with Gasteiger partial charge >= 0.3 is 0 Å². The van der Waals surface area contributed by atoms with Gasteiger partial charge in [0, 0.05) is 43.9 Å². The molecule has 2 saturated heterocycles. The van der Waals surface area contributed by atoms with Crippen LogP contribution in [0.25, 0.3) is 16.7 Å². The zero-order valence-electron chi connectivity index (χ0n) is 20.0. The number of fused-ring (bicyclic) bond motifs is 2. The lowest BCUT2D eigenvalue weighted by Gasteiger charge is -2.30. The van der Waals surface area contributed by atoms with Crippen molar-refractivity contribution in [2.45, 2.75) is 45.1 Å². The Balaban J connectivity index is 1.35. The van der Waals surface area contributed by atoms with Crippen LogP contribution in [0, 0.1) is 12.8 Å². The summed E-state index contributed by atoms with van der Waals surface area (Å²) in [6, 6.07) is 9.59. The number of aromatic nitrogens is 5. The Bertz CT molecular complexity index is 1390. The summed E-state index contributed by atoms with van der Waals surface area (Å²) in [7, 11) is 1.92. The normalized spacial score (nSPS) is 23.3. The molecule has 8 nitrogen and oxygen atoms in total. The Kier molecular flexibility index (Phi) is 5.13. The fourth-order valence-corrected chi connectivity index (χ4v) is 5.64. The van der Waals surface area contributed by atoms with Crippen molar-refractivity contribution in [2.75, 3.05) is 24.5 Å². The largest absolute Gasteiger partial charge is 0.356 e. The monoisotopic (exact) mass is 457 g/mol. The molecule has 2 aliphatic heterocycles. The van der Waals surface area contributed by atoms with Crippen LogP contribution >= 0.6 is 0 Å². The van der Waals surface area contributed by atoms with Crippen LogP contribution in [0.2, 0.25) is 0 Å². The summed E-state index contributed by atoms with van der Waals surface area (Å²) < 4.78 is 3.78. The molecule has 0 amide bonds. The number of para-hydroxylation sites is 2.